The van der Waals surface area contributed by atoms with E-state index in [1.54, 1.807) is 20.8 Å². The molecule has 1 unspecified atom stereocenters. The molecule has 3 rings (SSSR count). The maximum Gasteiger partial charge on any atom is 0.417 e. The summed E-state index contributed by atoms with van der Waals surface area (Å²) < 4.78 is 18.6. The van der Waals surface area contributed by atoms with Crippen LogP contribution in [-0.2, 0) is 9.53 Å². The number of benzene rings is 1. The zero-order valence-corrected chi connectivity index (χ0v) is 14.7. The number of carbonyl (C=O) groups is 4. The van der Waals surface area contributed by atoms with Crippen molar-refractivity contribution in [1.82, 2.24) is 9.80 Å². The topological polar surface area (TPSA) is 84.0 Å². The Morgan fingerprint density at radius 2 is 1.81 bits per heavy atom. The normalized spacial score (nSPS) is 20.5. The maximum absolute atomic E-state index is 13.4. The minimum absolute atomic E-state index is 0.0543. The molecule has 2 aliphatic heterocycles. The zero-order valence-electron chi connectivity index (χ0n) is 14.7. The van der Waals surface area contributed by atoms with Gasteiger partial charge in [0.15, 0.2) is 0 Å². The summed E-state index contributed by atoms with van der Waals surface area (Å²) in [7, 11) is 0. The number of amides is 4. The first kappa shape index (κ1) is 18.0. The molecule has 1 aromatic rings. The fourth-order valence-electron chi connectivity index (χ4n) is 3.11. The second-order valence-electron chi connectivity index (χ2n) is 7.30. The lowest BCUT2D eigenvalue weighted by molar-refractivity contribution is -0.137. The van der Waals surface area contributed by atoms with Crippen LogP contribution in [0.4, 0.5) is 9.18 Å². The zero-order chi connectivity index (χ0) is 19.2. The van der Waals surface area contributed by atoms with Gasteiger partial charge in [0.1, 0.15) is 17.5 Å². The van der Waals surface area contributed by atoms with E-state index in [1.165, 1.54) is 6.07 Å². The minimum Gasteiger partial charge on any atom is -0.443 e. The van der Waals surface area contributed by atoms with Crippen LogP contribution in [0.3, 0.4) is 0 Å². The number of hydrogen-bond donors (Lipinski definition) is 0. The van der Waals surface area contributed by atoms with Crippen LogP contribution < -0.4 is 0 Å². The highest BCUT2D eigenvalue weighted by Gasteiger charge is 2.46. The highest BCUT2D eigenvalue weighted by molar-refractivity contribution is 6.23. The third-order valence-electron chi connectivity index (χ3n) is 4.22. The summed E-state index contributed by atoms with van der Waals surface area (Å²) in [4.78, 5) is 51.9. The number of halogens is 1. The SMILES string of the molecule is CC(C)(C)OC(=O)N1CCCC(N2C(=O)c3ccc(F)cc3C2=O)C1=O. The van der Waals surface area contributed by atoms with Crippen LogP contribution in [0, 0.1) is 5.82 Å². The number of rotatable bonds is 1. The van der Waals surface area contributed by atoms with Crippen molar-refractivity contribution in [2.45, 2.75) is 45.3 Å². The molecular weight excluding hydrogens is 343 g/mol. The molecule has 4 amide bonds. The number of nitrogens with zero attached hydrogens (tertiary/aromatic N) is 2. The molecule has 2 aliphatic rings. The van der Waals surface area contributed by atoms with Crippen LogP contribution in [0.2, 0.25) is 0 Å². The lowest BCUT2D eigenvalue weighted by Crippen LogP contribution is -2.56. The van der Waals surface area contributed by atoms with Crippen molar-refractivity contribution >= 4 is 23.8 Å². The van der Waals surface area contributed by atoms with E-state index in [0.717, 1.165) is 21.9 Å². The average molecular weight is 362 g/mol. The van der Waals surface area contributed by atoms with Crippen LogP contribution in [0.25, 0.3) is 0 Å². The summed E-state index contributed by atoms with van der Waals surface area (Å²) in [5.74, 6) is -2.69. The summed E-state index contributed by atoms with van der Waals surface area (Å²) in [6.45, 7) is 5.18. The Kier molecular flexibility index (Phi) is 4.29. The number of hydrogen-bond acceptors (Lipinski definition) is 5. The van der Waals surface area contributed by atoms with E-state index < -0.39 is 41.3 Å². The molecule has 0 N–H and O–H groups in total. The van der Waals surface area contributed by atoms with E-state index in [1.807, 2.05) is 0 Å². The predicted molar refractivity (Wildman–Crippen MR) is 87.9 cm³/mol. The van der Waals surface area contributed by atoms with E-state index in [-0.39, 0.29) is 24.1 Å². The molecule has 0 aromatic heterocycles. The van der Waals surface area contributed by atoms with Crippen molar-refractivity contribution in [3.05, 3.63) is 35.1 Å². The van der Waals surface area contributed by atoms with Crippen molar-refractivity contribution in [1.29, 1.82) is 0 Å². The quantitative estimate of drug-likeness (QED) is 0.716. The molecule has 8 heteroatoms. The molecule has 1 saturated heterocycles. The monoisotopic (exact) mass is 362 g/mol. The fraction of sp³-hybridized carbons (Fsp3) is 0.444. The van der Waals surface area contributed by atoms with Crippen molar-refractivity contribution in [3.63, 3.8) is 0 Å². The van der Waals surface area contributed by atoms with E-state index in [4.69, 9.17) is 4.74 Å². The summed E-state index contributed by atoms with van der Waals surface area (Å²) >= 11 is 0. The first-order valence-electron chi connectivity index (χ1n) is 8.32. The van der Waals surface area contributed by atoms with Gasteiger partial charge in [0, 0.05) is 6.54 Å². The van der Waals surface area contributed by atoms with Crippen molar-refractivity contribution in [3.8, 4) is 0 Å². The van der Waals surface area contributed by atoms with Crippen LogP contribution >= 0.6 is 0 Å². The molecule has 0 spiro atoms. The minimum atomic E-state index is -1.10. The average Bonchev–Trinajstić information content (AvgIpc) is 2.77. The van der Waals surface area contributed by atoms with Gasteiger partial charge >= 0.3 is 6.09 Å². The van der Waals surface area contributed by atoms with Crippen LogP contribution in [0.1, 0.15) is 54.3 Å². The van der Waals surface area contributed by atoms with E-state index >= 15 is 0 Å². The first-order chi connectivity index (χ1) is 12.1. The molecule has 7 nitrogen and oxygen atoms in total. The molecule has 2 heterocycles. The molecular formula is C18H19FN2O5. The van der Waals surface area contributed by atoms with Gasteiger partial charge < -0.3 is 4.74 Å². The molecule has 1 fully saturated rings. The number of likely N-dealkylation sites (tertiary alicyclic amines) is 1. The van der Waals surface area contributed by atoms with Gasteiger partial charge in [-0.3, -0.25) is 19.3 Å². The number of piperidine rings is 1. The Balaban J connectivity index is 1.86. The Bertz CT molecular complexity index is 814. The second kappa shape index (κ2) is 6.19. The maximum atomic E-state index is 13.4. The van der Waals surface area contributed by atoms with E-state index in [9.17, 15) is 23.6 Å². The molecule has 0 radical (unpaired) electrons. The van der Waals surface area contributed by atoms with Gasteiger partial charge in [0.25, 0.3) is 17.7 Å². The third kappa shape index (κ3) is 3.07. The van der Waals surface area contributed by atoms with Crippen LogP contribution in [-0.4, -0.2) is 51.8 Å². The van der Waals surface area contributed by atoms with Gasteiger partial charge in [0.2, 0.25) is 0 Å². The molecule has 138 valence electrons. The van der Waals surface area contributed by atoms with Gasteiger partial charge in [-0.15, -0.1) is 0 Å². The van der Waals surface area contributed by atoms with Crippen molar-refractivity contribution < 1.29 is 28.3 Å². The molecule has 1 atom stereocenters. The largest absolute Gasteiger partial charge is 0.443 e. The van der Waals surface area contributed by atoms with Gasteiger partial charge in [0.05, 0.1) is 11.1 Å². The summed E-state index contributed by atoms with van der Waals surface area (Å²) in [6, 6.07) is 2.19. The third-order valence-corrected chi connectivity index (χ3v) is 4.22. The van der Waals surface area contributed by atoms with Crippen molar-refractivity contribution in [2.75, 3.05) is 6.54 Å². The lowest BCUT2D eigenvalue weighted by atomic mass is 10.0. The van der Waals surface area contributed by atoms with Gasteiger partial charge in [-0.25, -0.2) is 14.1 Å². The van der Waals surface area contributed by atoms with Crippen LogP contribution in [0.15, 0.2) is 18.2 Å². The smallest absolute Gasteiger partial charge is 0.417 e. The van der Waals surface area contributed by atoms with Gasteiger partial charge in [-0.2, -0.15) is 0 Å². The number of fused-ring (bicyclic) bond motifs is 1. The number of ether oxygens (including phenoxy) is 1. The highest BCUT2D eigenvalue weighted by Crippen LogP contribution is 2.29. The standard InChI is InChI=1S/C18H19FN2O5/c1-18(2,3)26-17(25)20-8-4-5-13(16(20)24)21-14(22)11-7-6-10(19)9-12(11)15(21)23/h6-7,9,13H,4-5,8H2,1-3H3. The highest BCUT2D eigenvalue weighted by atomic mass is 19.1. The van der Waals surface area contributed by atoms with Gasteiger partial charge in [-0.05, 0) is 51.8 Å². The molecule has 1 aromatic carbocycles. The van der Waals surface area contributed by atoms with Gasteiger partial charge in [-0.1, -0.05) is 0 Å². The molecule has 26 heavy (non-hydrogen) atoms. The molecule has 0 aliphatic carbocycles. The first-order valence-corrected chi connectivity index (χ1v) is 8.32. The molecule has 0 saturated carbocycles. The Morgan fingerprint density at radius 1 is 1.15 bits per heavy atom. The van der Waals surface area contributed by atoms with E-state index in [0.29, 0.717) is 6.42 Å². The summed E-state index contributed by atoms with van der Waals surface area (Å²) in [5.41, 5.74) is -0.798. The second-order valence-corrected chi connectivity index (χ2v) is 7.30. The van der Waals surface area contributed by atoms with Crippen molar-refractivity contribution in [2.24, 2.45) is 0 Å². The Morgan fingerprint density at radius 3 is 2.46 bits per heavy atom. The lowest BCUT2D eigenvalue weighted by Gasteiger charge is -2.35. The Labute approximate surface area is 149 Å². The number of carbonyl (C=O) groups excluding carboxylic acids is 4. The molecule has 0 bridgehead atoms. The predicted octanol–water partition coefficient (Wildman–Crippen LogP) is 2.35. The number of imide groups is 2. The Hall–Kier alpha value is -2.77. The summed E-state index contributed by atoms with van der Waals surface area (Å²) in [5, 5.41) is 0. The van der Waals surface area contributed by atoms with E-state index in [2.05, 4.69) is 0 Å². The fourth-order valence-corrected chi connectivity index (χ4v) is 3.11. The summed E-state index contributed by atoms with van der Waals surface area (Å²) in [6.07, 6.45) is -0.140. The van der Waals surface area contributed by atoms with Crippen LogP contribution in [0.5, 0.6) is 0 Å².